The average Bonchev–Trinajstić information content (AvgIpc) is 1.78. The summed E-state index contributed by atoms with van der Waals surface area (Å²) in [6.45, 7) is 0.995. The van der Waals surface area contributed by atoms with Gasteiger partial charge in [0.2, 0.25) is 0 Å². The van der Waals surface area contributed by atoms with Crippen molar-refractivity contribution in [1.82, 2.24) is 4.67 Å². The maximum Gasteiger partial charge on any atom is 0.250 e. The highest BCUT2D eigenvalue weighted by molar-refractivity contribution is 7.13. The van der Waals surface area contributed by atoms with Crippen molar-refractivity contribution in [2.45, 2.75) is 18.8 Å². The molecule has 1 aliphatic rings. The van der Waals surface area contributed by atoms with Crippen LogP contribution in [0.2, 0.25) is 0 Å². The van der Waals surface area contributed by atoms with Crippen molar-refractivity contribution < 1.29 is 8.78 Å². The van der Waals surface area contributed by atoms with E-state index >= 15 is 0 Å². The van der Waals surface area contributed by atoms with Crippen molar-refractivity contribution >= 4 is 9.39 Å². The van der Waals surface area contributed by atoms with Gasteiger partial charge in [0.05, 0.1) is 0 Å². The highest BCUT2D eigenvalue weighted by atomic mass is 31.0. The maximum absolute atomic E-state index is 12.3. The van der Waals surface area contributed by atoms with Crippen LogP contribution < -0.4 is 0 Å². The van der Waals surface area contributed by atoms with Crippen molar-refractivity contribution in [3.05, 3.63) is 0 Å². The highest BCUT2D eigenvalue weighted by Gasteiger charge is 2.32. The predicted octanol–water partition coefficient (Wildman–Crippen LogP) is 1.51. The summed E-state index contributed by atoms with van der Waals surface area (Å²) in [5.74, 6) is -2.40. The van der Waals surface area contributed by atoms with Gasteiger partial charge in [-0.25, -0.2) is 8.78 Å². The van der Waals surface area contributed by atoms with Crippen LogP contribution >= 0.6 is 9.39 Å². The lowest BCUT2D eigenvalue weighted by Gasteiger charge is -2.27. The smallest absolute Gasteiger partial charge is 0.250 e. The topological polar surface area (TPSA) is 3.24 Å². The Morgan fingerprint density at radius 3 is 2.00 bits per heavy atom. The van der Waals surface area contributed by atoms with Crippen LogP contribution in [0.3, 0.4) is 0 Å². The van der Waals surface area contributed by atoms with Crippen molar-refractivity contribution in [2.24, 2.45) is 0 Å². The minimum absolute atomic E-state index is 0.0104. The molecular formula is C5H10F2NP. The second kappa shape index (κ2) is 2.47. The van der Waals surface area contributed by atoms with E-state index < -0.39 is 5.92 Å². The molecule has 1 fully saturated rings. The molecule has 0 bridgehead atoms. The Labute approximate surface area is 55.7 Å². The molecule has 0 radical (unpaired) electrons. The summed E-state index contributed by atoms with van der Waals surface area (Å²) in [6.07, 6.45) is 0.0208. The lowest BCUT2D eigenvalue weighted by atomic mass is 10.1. The number of hydrogen-bond acceptors (Lipinski definition) is 1. The van der Waals surface area contributed by atoms with E-state index in [1.54, 1.807) is 0 Å². The molecule has 0 amide bonds. The molecule has 9 heavy (non-hydrogen) atoms. The van der Waals surface area contributed by atoms with E-state index in [0.29, 0.717) is 13.1 Å². The molecule has 54 valence electrons. The van der Waals surface area contributed by atoms with E-state index in [0.717, 1.165) is 0 Å². The predicted molar refractivity (Wildman–Crippen MR) is 35.5 cm³/mol. The second-order valence-electron chi connectivity index (χ2n) is 2.39. The van der Waals surface area contributed by atoms with E-state index in [4.69, 9.17) is 0 Å². The van der Waals surface area contributed by atoms with Crippen LogP contribution in [0.5, 0.6) is 0 Å². The first-order valence-electron chi connectivity index (χ1n) is 2.98. The molecule has 0 aromatic carbocycles. The molecule has 1 unspecified atom stereocenters. The molecule has 1 heterocycles. The number of alkyl halides is 2. The summed E-state index contributed by atoms with van der Waals surface area (Å²) >= 11 is 0. The lowest BCUT2D eigenvalue weighted by molar-refractivity contribution is -0.0400. The Morgan fingerprint density at radius 2 is 1.67 bits per heavy atom. The van der Waals surface area contributed by atoms with Gasteiger partial charge in [0.1, 0.15) is 0 Å². The molecule has 1 nitrogen and oxygen atoms in total. The Balaban J connectivity index is 2.35. The van der Waals surface area contributed by atoms with Crippen molar-refractivity contribution in [3.63, 3.8) is 0 Å². The highest BCUT2D eigenvalue weighted by Crippen LogP contribution is 2.28. The molecule has 1 aliphatic heterocycles. The first-order chi connectivity index (χ1) is 4.10. The fraction of sp³-hybridized carbons (Fsp3) is 1.00. The fourth-order valence-corrected chi connectivity index (χ4v) is 1.11. The third kappa shape index (κ3) is 2.15. The first kappa shape index (κ1) is 7.36. The van der Waals surface area contributed by atoms with Crippen molar-refractivity contribution in [3.8, 4) is 0 Å². The maximum atomic E-state index is 12.3. The van der Waals surface area contributed by atoms with Gasteiger partial charge in [-0.05, 0) is 0 Å². The molecule has 0 saturated carbocycles. The van der Waals surface area contributed by atoms with E-state index in [1.165, 1.54) is 0 Å². The molecule has 4 heteroatoms. The Bertz CT molecular complexity index is 97.1. The van der Waals surface area contributed by atoms with Crippen LogP contribution in [-0.2, 0) is 0 Å². The van der Waals surface area contributed by atoms with Gasteiger partial charge < -0.3 is 0 Å². The quantitative estimate of drug-likeness (QED) is 0.477. The minimum atomic E-state index is -2.40. The number of hydrogen-bond donors (Lipinski definition) is 0. The molecule has 0 spiro atoms. The zero-order valence-corrected chi connectivity index (χ0v) is 6.26. The van der Waals surface area contributed by atoms with Gasteiger partial charge in [-0.2, -0.15) is 0 Å². The zero-order chi connectivity index (χ0) is 6.91. The van der Waals surface area contributed by atoms with Crippen LogP contribution in [0.25, 0.3) is 0 Å². The summed E-state index contributed by atoms with van der Waals surface area (Å²) in [7, 11) is 2.43. The van der Waals surface area contributed by atoms with Crippen molar-refractivity contribution in [2.75, 3.05) is 13.1 Å². The van der Waals surface area contributed by atoms with Crippen molar-refractivity contribution in [1.29, 1.82) is 0 Å². The fourth-order valence-electron chi connectivity index (χ4n) is 0.851. The third-order valence-electron chi connectivity index (χ3n) is 1.53. The Hall–Kier alpha value is 0.250. The largest absolute Gasteiger partial charge is 0.287 e. The number of rotatable bonds is 0. The summed E-state index contributed by atoms with van der Waals surface area (Å²) < 4.78 is 26.5. The Kier molecular flexibility index (Phi) is 2.02. The molecule has 1 saturated heterocycles. The van der Waals surface area contributed by atoms with Crippen LogP contribution in [-0.4, -0.2) is 23.7 Å². The van der Waals surface area contributed by atoms with Crippen LogP contribution in [0, 0.1) is 0 Å². The third-order valence-corrected chi connectivity index (χ3v) is 2.05. The van der Waals surface area contributed by atoms with Crippen LogP contribution in [0.4, 0.5) is 8.78 Å². The number of halogens is 2. The summed E-state index contributed by atoms with van der Waals surface area (Å²) in [4.78, 5) is 0. The molecule has 0 aliphatic carbocycles. The van der Waals surface area contributed by atoms with Crippen LogP contribution in [0.1, 0.15) is 12.8 Å². The van der Waals surface area contributed by atoms with Gasteiger partial charge in [0.15, 0.2) is 0 Å². The zero-order valence-electron chi connectivity index (χ0n) is 5.11. The molecule has 1 rings (SSSR count). The van der Waals surface area contributed by atoms with Gasteiger partial charge in [0.25, 0.3) is 5.92 Å². The summed E-state index contributed by atoms with van der Waals surface area (Å²) in [5, 5.41) is 0. The van der Waals surface area contributed by atoms with E-state index in [-0.39, 0.29) is 12.8 Å². The molecule has 0 aromatic rings. The monoisotopic (exact) mass is 153 g/mol. The Morgan fingerprint density at radius 1 is 1.22 bits per heavy atom. The second-order valence-corrected chi connectivity index (χ2v) is 3.12. The molecular weight excluding hydrogens is 143 g/mol. The van der Waals surface area contributed by atoms with Gasteiger partial charge in [0, 0.05) is 25.9 Å². The molecule has 0 N–H and O–H groups in total. The number of nitrogens with zero attached hydrogens (tertiary/aromatic N) is 1. The standard InChI is InChI=1S/C5H10F2NP/c6-5(7)1-3-8(9)4-2-5/h1-4,9H2. The van der Waals surface area contributed by atoms with E-state index in [1.807, 2.05) is 4.67 Å². The summed E-state index contributed by atoms with van der Waals surface area (Å²) in [6, 6.07) is 0. The van der Waals surface area contributed by atoms with Crippen LogP contribution in [0.15, 0.2) is 0 Å². The molecule has 0 aromatic heterocycles. The average molecular weight is 153 g/mol. The lowest BCUT2D eigenvalue weighted by Crippen LogP contribution is -2.33. The van der Waals surface area contributed by atoms with Gasteiger partial charge in [-0.1, -0.05) is 9.39 Å². The number of piperidine rings is 1. The SMILES string of the molecule is FC1(F)CCN(P)CC1. The minimum Gasteiger partial charge on any atom is -0.287 e. The molecule has 1 atom stereocenters. The normalized spacial score (nSPS) is 28.3. The summed E-state index contributed by atoms with van der Waals surface area (Å²) in [5.41, 5.74) is 0. The van der Waals surface area contributed by atoms with Gasteiger partial charge in [-0.15, -0.1) is 0 Å². The van der Waals surface area contributed by atoms with Gasteiger partial charge in [-0.3, -0.25) is 4.67 Å². The van der Waals surface area contributed by atoms with Gasteiger partial charge >= 0.3 is 0 Å². The van der Waals surface area contributed by atoms with E-state index in [9.17, 15) is 8.78 Å². The first-order valence-corrected chi connectivity index (χ1v) is 3.49. The van der Waals surface area contributed by atoms with E-state index in [2.05, 4.69) is 9.39 Å².